The first-order valence-electron chi connectivity index (χ1n) is 7.51. The van der Waals surface area contributed by atoms with Crippen molar-refractivity contribution < 1.29 is 23.5 Å². The monoisotopic (exact) mass is 417 g/mol. The zero-order chi connectivity index (χ0) is 19.2. The number of nitrogens with two attached hydrogens (primary N) is 1. The van der Waals surface area contributed by atoms with E-state index in [9.17, 15) is 18.8 Å². The zero-order valence-corrected chi connectivity index (χ0v) is 15.8. The van der Waals surface area contributed by atoms with Crippen LogP contribution in [0.5, 0.6) is 0 Å². The summed E-state index contributed by atoms with van der Waals surface area (Å²) < 4.78 is 18.9. The molecule has 0 heterocycles. The van der Waals surface area contributed by atoms with Crippen LogP contribution in [-0.4, -0.2) is 29.6 Å². The SMILES string of the molecule is CC(C)(C)OC(=O)N[C@@H](CCC(N)=O)C(=O)Nc1cc(F)cc(Br)c1. The summed E-state index contributed by atoms with van der Waals surface area (Å²) in [5.74, 6) is -1.78. The van der Waals surface area contributed by atoms with E-state index in [2.05, 4.69) is 26.6 Å². The fourth-order valence-corrected chi connectivity index (χ4v) is 2.33. The third-order valence-corrected chi connectivity index (χ3v) is 3.27. The molecule has 1 aromatic carbocycles. The van der Waals surface area contributed by atoms with Crippen LogP contribution >= 0.6 is 15.9 Å². The molecule has 0 spiro atoms. The highest BCUT2D eigenvalue weighted by Crippen LogP contribution is 2.19. The molecular formula is C16H21BrFN3O4. The number of halogens is 2. The molecule has 138 valence electrons. The molecule has 0 radical (unpaired) electrons. The van der Waals surface area contributed by atoms with Gasteiger partial charge in [0.2, 0.25) is 11.8 Å². The Morgan fingerprint density at radius 3 is 2.44 bits per heavy atom. The molecule has 3 amide bonds. The summed E-state index contributed by atoms with van der Waals surface area (Å²) in [5, 5.41) is 4.88. The van der Waals surface area contributed by atoms with Crippen molar-refractivity contribution in [2.24, 2.45) is 5.73 Å². The number of carbonyl (C=O) groups excluding carboxylic acids is 3. The second-order valence-electron chi connectivity index (χ2n) is 6.35. The van der Waals surface area contributed by atoms with Crippen LogP contribution in [0.2, 0.25) is 0 Å². The van der Waals surface area contributed by atoms with Crippen molar-refractivity contribution in [2.75, 3.05) is 5.32 Å². The third kappa shape index (κ3) is 8.48. The topological polar surface area (TPSA) is 111 Å². The van der Waals surface area contributed by atoms with Gasteiger partial charge < -0.3 is 21.1 Å². The van der Waals surface area contributed by atoms with Crippen LogP contribution in [0.15, 0.2) is 22.7 Å². The molecule has 0 aliphatic carbocycles. The number of amides is 3. The zero-order valence-electron chi connectivity index (χ0n) is 14.2. The molecule has 7 nitrogen and oxygen atoms in total. The highest BCUT2D eigenvalue weighted by molar-refractivity contribution is 9.10. The third-order valence-electron chi connectivity index (χ3n) is 2.82. The van der Waals surface area contributed by atoms with Crippen LogP contribution in [0.3, 0.4) is 0 Å². The van der Waals surface area contributed by atoms with Crippen molar-refractivity contribution in [3.63, 3.8) is 0 Å². The lowest BCUT2D eigenvalue weighted by atomic mass is 10.1. The number of primary amides is 1. The van der Waals surface area contributed by atoms with Gasteiger partial charge in [-0.25, -0.2) is 9.18 Å². The van der Waals surface area contributed by atoms with Gasteiger partial charge in [0.25, 0.3) is 0 Å². The first-order valence-corrected chi connectivity index (χ1v) is 8.30. The van der Waals surface area contributed by atoms with E-state index in [4.69, 9.17) is 10.5 Å². The molecule has 0 aromatic heterocycles. The molecule has 0 saturated carbocycles. The van der Waals surface area contributed by atoms with E-state index in [-0.39, 0.29) is 18.5 Å². The Balaban J connectivity index is 2.84. The Bertz CT molecular complexity index is 641. The van der Waals surface area contributed by atoms with E-state index in [1.807, 2.05) is 0 Å². The average molecular weight is 418 g/mol. The molecule has 4 N–H and O–H groups in total. The van der Waals surface area contributed by atoms with Gasteiger partial charge in [0, 0.05) is 16.6 Å². The molecule has 0 bridgehead atoms. The maximum Gasteiger partial charge on any atom is 0.408 e. The first kappa shape index (κ1) is 20.9. The smallest absolute Gasteiger partial charge is 0.408 e. The number of anilines is 1. The number of hydrogen-bond donors (Lipinski definition) is 3. The number of nitrogens with one attached hydrogen (secondary N) is 2. The van der Waals surface area contributed by atoms with Crippen LogP contribution in [-0.2, 0) is 14.3 Å². The second-order valence-corrected chi connectivity index (χ2v) is 7.27. The number of ether oxygens (including phenoxy) is 1. The van der Waals surface area contributed by atoms with Gasteiger partial charge in [0.1, 0.15) is 17.5 Å². The van der Waals surface area contributed by atoms with Crippen LogP contribution in [0.4, 0.5) is 14.9 Å². The molecule has 0 aliphatic heterocycles. The molecule has 1 rings (SSSR count). The predicted octanol–water partition coefficient (Wildman–Crippen LogP) is 2.69. The Morgan fingerprint density at radius 1 is 1.28 bits per heavy atom. The maximum absolute atomic E-state index is 13.4. The first-order chi connectivity index (χ1) is 11.5. The van der Waals surface area contributed by atoms with Gasteiger partial charge in [0.15, 0.2) is 0 Å². The number of benzene rings is 1. The van der Waals surface area contributed by atoms with Crippen LogP contribution < -0.4 is 16.4 Å². The van der Waals surface area contributed by atoms with E-state index in [0.29, 0.717) is 4.47 Å². The van der Waals surface area contributed by atoms with Crippen molar-refractivity contribution in [3.8, 4) is 0 Å². The summed E-state index contributed by atoms with van der Waals surface area (Å²) in [6.45, 7) is 5.03. The normalized spacial score (nSPS) is 12.2. The molecule has 25 heavy (non-hydrogen) atoms. The Labute approximate surface area is 153 Å². The molecule has 0 fully saturated rings. The molecule has 9 heteroatoms. The molecule has 1 aromatic rings. The second kappa shape index (κ2) is 8.80. The van der Waals surface area contributed by atoms with E-state index < -0.39 is 35.4 Å². The number of hydrogen-bond acceptors (Lipinski definition) is 4. The van der Waals surface area contributed by atoms with Gasteiger partial charge in [-0.3, -0.25) is 9.59 Å². The minimum atomic E-state index is -1.07. The minimum absolute atomic E-state index is 0.0170. The Morgan fingerprint density at radius 2 is 1.92 bits per heavy atom. The summed E-state index contributed by atoms with van der Waals surface area (Å²) in [5.41, 5.74) is 4.55. The quantitative estimate of drug-likeness (QED) is 0.660. The minimum Gasteiger partial charge on any atom is -0.444 e. The summed E-state index contributed by atoms with van der Waals surface area (Å²) in [6.07, 6.45) is -0.935. The molecule has 0 unspecified atom stereocenters. The Hall–Kier alpha value is -2.16. The van der Waals surface area contributed by atoms with Crippen molar-refractivity contribution in [1.29, 1.82) is 0 Å². The standard InChI is InChI=1S/C16H21BrFN3O4/c1-16(2,3)25-15(24)21-12(4-5-13(19)22)14(23)20-11-7-9(17)6-10(18)8-11/h6-8,12H,4-5H2,1-3H3,(H2,19,22)(H,20,23)(H,21,24)/t12-/m0/s1. The van der Waals surface area contributed by atoms with Crippen LogP contribution in [0, 0.1) is 5.82 Å². The van der Waals surface area contributed by atoms with Gasteiger partial charge in [-0.15, -0.1) is 0 Å². The maximum atomic E-state index is 13.4. The number of carbonyl (C=O) groups is 3. The lowest BCUT2D eigenvalue weighted by molar-refractivity contribution is -0.119. The van der Waals surface area contributed by atoms with E-state index in [0.717, 1.165) is 6.07 Å². The van der Waals surface area contributed by atoms with Gasteiger partial charge >= 0.3 is 6.09 Å². The summed E-state index contributed by atoms with van der Waals surface area (Å²) in [6, 6.07) is 2.80. The van der Waals surface area contributed by atoms with E-state index in [1.165, 1.54) is 12.1 Å². The van der Waals surface area contributed by atoms with E-state index in [1.54, 1.807) is 20.8 Å². The number of alkyl carbamates (subject to hydrolysis) is 1. The van der Waals surface area contributed by atoms with Gasteiger partial charge in [-0.1, -0.05) is 15.9 Å². The van der Waals surface area contributed by atoms with Crippen LogP contribution in [0.1, 0.15) is 33.6 Å². The van der Waals surface area contributed by atoms with Crippen LogP contribution in [0.25, 0.3) is 0 Å². The highest BCUT2D eigenvalue weighted by Gasteiger charge is 2.25. The van der Waals surface area contributed by atoms with E-state index >= 15 is 0 Å². The van der Waals surface area contributed by atoms with Gasteiger partial charge in [-0.05, 0) is 45.4 Å². The Kier molecular flexibility index (Phi) is 7.35. The van der Waals surface area contributed by atoms with Gasteiger partial charge in [0.05, 0.1) is 0 Å². The fraction of sp³-hybridized carbons (Fsp3) is 0.438. The average Bonchev–Trinajstić information content (AvgIpc) is 2.39. The highest BCUT2D eigenvalue weighted by atomic mass is 79.9. The van der Waals surface area contributed by atoms with Gasteiger partial charge in [-0.2, -0.15) is 0 Å². The lowest BCUT2D eigenvalue weighted by Gasteiger charge is -2.23. The molecule has 0 saturated heterocycles. The summed E-state index contributed by atoms with van der Waals surface area (Å²) in [7, 11) is 0. The predicted molar refractivity (Wildman–Crippen MR) is 94.3 cm³/mol. The largest absolute Gasteiger partial charge is 0.444 e. The number of rotatable bonds is 6. The van der Waals surface area contributed by atoms with Crippen molar-refractivity contribution in [1.82, 2.24) is 5.32 Å². The fourth-order valence-electron chi connectivity index (χ4n) is 1.86. The molecule has 1 atom stereocenters. The lowest BCUT2D eigenvalue weighted by Crippen LogP contribution is -2.46. The summed E-state index contributed by atoms with van der Waals surface area (Å²) in [4.78, 5) is 35.2. The van der Waals surface area contributed by atoms with Crippen molar-refractivity contribution in [2.45, 2.75) is 45.3 Å². The molecule has 0 aliphatic rings. The summed E-state index contributed by atoms with van der Waals surface area (Å²) >= 11 is 3.12. The van der Waals surface area contributed by atoms with Crippen molar-refractivity contribution >= 4 is 39.5 Å². The molecular weight excluding hydrogens is 397 g/mol. The van der Waals surface area contributed by atoms with Crippen molar-refractivity contribution in [3.05, 3.63) is 28.5 Å².